The summed E-state index contributed by atoms with van der Waals surface area (Å²) < 4.78 is 11.3. The van der Waals surface area contributed by atoms with Gasteiger partial charge in [0.05, 0.1) is 6.04 Å². The zero-order valence-electron chi connectivity index (χ0n) is 20.4. The number of amides is 2. The maximum atomic E-state index is 12.9. The number of hydrogen-bond acceptors (Lipinski definition) is 5. The van der Waals surface area contributed by atoms with Gasteiger partial charge in [-0.3, -0.25) is 4.90 Å². The van der Waals surface area contributed by atoms with Crippen LogP contribution in [0.3, 0.4) is 0 Å². The Balaban J connectivity index is 1.47. The minimum absolute atomic E-state index is 0.0859. The van der Waals surface area contributed by atoms with Crippen molar-refractivity contribution >= 4 is 18.0 Å². The fraction of sp³-hybridized carbons (Fsp3) is 0.519. The molecule has 1 aromatic heterocycles. The summed E-state index contributed by atoms with van der Waals surface area (Å²) in [5, 5.41) is 0. The number of carbonyl (C=O) groups excluding carboxylic acids is 2. The SMILES string of the molecule is CC(C)(C)OC(=O)N(c1ccc([C@@H]2CCCCN2C(=O)OCc2ccccc2)cn1)C1CCC1. The van der Waals surface area contributed by atoms with Crippen LogP contribution in [0.4, 0.5) is 15.4 Å². The molecule has 0 spiro atoms. The maximum absolute atomic E-state index is 12.9. The fourth-order valence-electron chi connectivity index (χ4n) is 4.42. The molecule has 34 heavy (non-hydrogen) atoms. The average Bonchev–Trinajstić information content (AvgIpc) is 2.79. The number of benzene rings is 1. The van der Waals surface area contributed by atoms with Crippen molar-refractivity contribution in [3.05, 3.63) is 59.8 Å². The van der Waals surface area contributed by atoms with Gasteiger partial charge in [-0.1, -0.05) is 36.4 Å². The summed E-state index contributed by atoms with van der Waals surface area (Å²) in [5.74, 6) is 0.594. The summed E-state index contributed by atoms with van der Waals surface area (Å²) in [6, 6.07) is 13.6. The van der Waals surface area contributed by atoms with Crippen molar-refractivity contribution in [1.29, 1.82) is 0 Å². The quantitative estimate of drug-likeness (QED) is 0.523. The highest BCUT2D eigenvalue weighted by molar-refractivity contribution is 5.87. The zero-order valence-corrected chi connectivity index (χ0v) is 20.4. The second kappa shape index (κ2) is 10.5. The van der Waals surface area contributed by atoms with E-state index < -0.39 is 5.60 Å². The number of aromatic nitrogens is 1. The van der Waals surface area contributed by atoms with Crippen LogP contribution in [-0.4, -0.2) is 40.3 Å². The number of likely N-dealkylation sites (tertiary alicyclic amines) is 1. The molecule has 2 amide bonds. The Morgan fingerprint density at radius 1 is 1.03 bits per heavy atom. The number of nitrogens with zero attached hydrogens (tertiary/aromatic N) is 3. The highest BCUT2D eigenvalue weighted by atomic mass is 16.6. The first-order valence-electron chi connectivity index (χ1n) is 12.3. The zero-order chi connectivity index (χ0) is 24.1. The molecule has 4 rings (SSSR count). The van der Waals surface area contributed by atoms with Gasteiger partial charge in [0.2, 0.25) is 0 Å². The highest BCUT2D eigenvalue weighted by Crippen LogP contribution is 2.34. The van der Waals surface area contributed by atoms with Crippen LogP contribution in [-0.2, 0) is 16.1 Å². The molecule has 0 N–H and O–H groups in total. The Bertz CT molecular complexity index is 968. The average molecular weight is 466 g/mol. The van der Waals surface area contributed by atoms with Crippen LogP contribution < -0.4 is 4.90 Å². The van der Waals surface area contributed by atoms with Gasteiger partial charge in [0, 0.05) is 18.8 Å². The van der Waals surface area contributed by atoms with E-state index in [1.54, 1.807) is 16.0 Å². The first-order chi connectivity index (χ1) is 16.3. The molecule has 1 saturated carbocycles. The van der Waals surface area contributed by atoms with Gasteiger partial charge in [0.1, 0.15) is 18.0 Å². The van der Waals surface area contributed by atoms with Gasteiger partial charge in [0.15, 0.2) is 0 Å². The van der Waals surface area contributed by atoms with Gasteiger partial charge >= 0.3 is 12.2 Å². The summed E-state index contributed by atoms with van der Waals surface area (Å²) in [7, 11) is 0. The molecule has 2 aromatic rings. The summed E-state index contributed by atoms with van der Waals surface area (Å²) in [5.41, 5.74) is 1.35. The molecule has 2 fully saturated rings. The van der Waals surface area contributed by atoms with E-state index in [2.05, 4.69) is 4.98 Å². The van der Waals surface area contributed by atoms with E-state index in [1.807, 2.05) is 63.2 Å². The van der Waals surface area contributed by atoms with E-state index in [9.17, 15) is 9.59 Å². The Labute approximate surface area is 202 Å². The van der Waals surface area contributed by atoms with Crippen LogP contribution in [0.2, 0.25) is 0 Å². The van der Waals surface area contributed by atoms with Crippen molar-refractivity contribution in [2.75, 3.05) is 11.4 Å². The van der Waals surface area contributed by atoms with Crippen LogP contribution in [0.15, 0.2) is 48.7 Å². The van der Waals surface area contributed by atoms with E-state index in [0.717, 1.165) is 49.7 Å². The minimum atomic E-state index is -0.568. The fourth-order valence-corrected chi connectivity index (χ4v) is 4.42. The summed E-state index contributed by atoms with van der Waals surface area (Å²) in [6.45, 7) is 6.53. The molecule has 182 valence electrons. The van der Waals surface area contributed by atoms with Gasteiger partial charge in [-0.2, -0.15) is 0 Å². The topological polar surface area (TPSA) is 72.0 Å². The van der Waals surface area contributed by atoms with Gasteiger partial charge < -0.3 is 14.4 Å². The van der Waals surface area contributed by atoms with Crippen LogP contribution in [0.25, 0.3) is 0 Å². The van der Waals surface area contributed by atoms with Crippen molar-refractivity contribution in [3.8, 4) is 0 Å². The molecular formula is C27H35N3O4. The predicted octanol–water partition coefficient (Wildman–Crippen LogP) is 6.24. The lowest BCUT2D eigenvalue weighted by atomic mass is 9.91. The molecule has 0 radical (unpaired) electrons. The standard InChI is InChI=1S/C27H35N3O4/c1-27(2,3)34-26(32)30(22-12-9-13-22)24-16-15-21(18-28-24)23-14-7-8-17-29(23)25(31)33-19-20-10-5-4-6-11-20/h4-6,10-11,15-16,18,22-23H,7-9,12-14,17,19H2,1-3H3/t23-/m0/s1. The number of anilines is 1. The summed E-state index contributed by atoms with van der Waals surface area (Å²) in [4.78, 5) is 33.9. The van der Waals surface area contributed by atoms with Crippen LogP contribution in [0.1, 0.15) is 76.5 Å². The monoisotopic (exact) mass is 465 g/mol. The normalized spacial score (nSPS) is 18.7. The van der Waals surface area contributed by atoms with Gasteiger partial charge in [-0.25, -0.2) is 14.6 Å². The molecule has 7 nitrogen and oxygen atoms in total. The van der Waals surface area contributed by atoms with Crippen LogP contribution >= 0.6 is 0 Å². The minimum Gasteiger partial charge on any atom is -0.445 e. The van der Waals surface area contributed by atoms with Crippen molar-refractivity contribution in [1.82, 2.24) is 9.88 Å². The second-order valence-electron chi connectivity index (χ2n) is 10.1. The molecule has 1 saturated heterocycles. The number of rotatable bonds is 5. The number of hydrogen-bond donors (Lipinski definition) is 0. The number of ether oxygens (including phenoxy) is 2. The molecular weight excluding hydrogens is 430 g/mol. The molecule has 0 unspecified atom stereocenters. The third kappa shape index (κ3) is 5.88. The molecule has 0 bridgehead atoms. The van der Waals surface area contributed by atoms with Gasteiger partial charge in [-0.05, 0) is 76.5 Å². The smallest absolute Gasteiger partial charge is 0.416 e. The van der Waals surface area contributed by atoms with Crippen molar-refractivity contribution in [2.24, 2.45) is 0 Å². The molecule has 7 heteroatoms. The van der Waals surface area contributed by atoms with E-state index in [0.29, 0.717) is 12.4 Å². The lowest BCUT2D eigenvalue weighted by molar-refractivity contribution is 0.0548. The third-order valence-electron chi connectivity index (χ3n) is 6.37. The lowest BCUT2D eigenvalue weighted by Gasteiger charge is -2.38. The second-order valence-corrected chi connectivity index (χ2v) is 10.1. The highest BCUT2D eigenvalue weighted by Gasteiger charge is 2.35. The lowest BCUT2D eigenvalue weighted by Crippen LogP contribution is -2.47. The summed E-state index contributed by atoms with van der Waals surface area (Å²) >= 11 is 0. The largest absolute Gasteiger partial charge is 0.445 e. The van der Waals surface area contributed by atoms with Crippen molar-refractivity contribution in [2.45, 2.75) is 83.6 Å². The predicted molar refractivity (Wildman–Crippen MR) is 131 cm³/mol. The van der Waals surface area contributed by atoms with Crippen molar-refractivity contribution in [3.63, 3.8) is 0 Å². The number of pyridine rings is 1. The Morgan fingerprint density at radius 3 is 2.41 bits per heavy atom. The Kier molecular flexibility index (Phi) is 7.39. The van der Waals surface area contributed by atoms with Crippen molar-refractivity contribution < 1.29 is 19.1 Å². The first-order valence-corrected chi connectivity index (χ1v) is 12.3. The molecule has 1 atom stereocenters. The van der Waals surface area contributed by atoms with E-state index in [4.69, 9.17) is 9.47 Å². The van der Waals surface area contributed by atoms with Gasteiger partial charge in [0.25, 0.3) is 0 Å². The van der Waals surface area contributed by atoms with E-state index in [1.165, 1.54) is 0 Å². The Hall–Kier alpha value is -3.09. The number of carbonyl (C=O) groups is 2. The molecule has 1 aliphatic carbocycles. The van der Waals surface area contributed by atoms with Crippen LogP contribution in [0, 0.1) is 0 Å². The van der Waals surface area contributed by atoms with Gasteiger partial charge in [-0.15, -0.1) is 0 Å². The first kappa shape index (κ1) is 24.0. The Morgan fingerprint density at radius 2 is 1.79 bits per heavy atom. The maximum Gasteiger partial charge on any atom is 0.416 e. The molecule has 2 heterocycles. The molecule has 1 aliphatic heterocycles. The third-order valence-corrected chi connectivity index (χ3v) is 6.37. The van der Waals surface area contributed by atoms with E-state index >= 15 is 0 Å². The molecule has 2 aliphatic rings. The van der Waals surface area contributed by atoms with E-state index in [-0.39, 0.29) is 30.9 Å². The van der Waals surface area contributed by atoms with Crippen LogP contribution in [0.5, 0.6) is 0 Å². The summed E-state index contributed by atoms with van der Waals surface area (Å²) in [6.07, 6.45) is 6.99. The number of piperidine rings is 1. The molecule has 1 aromatic carbocycles.